The van der Waals surface area contributed by atoms with E-state index in [4.69, 9.17) is 0 Å². The fraction of sp³-hybridized carbons (Fsp3) is 0.852. The van der Waals surface area contributed by atoms with Crippen LogP contribution in [0, 0.1) is 40.4 Å². The van der Waals surface area contributed by atoms with Gasteiger partial charge in [-0.1, -0.05) is 51.0 Å². The smallest absolute Gasteiger partial charge is 0.0577 e. The predicted octanol–water partition coefficient (Wildman–Crippen LogP) is 5.87. The van der Waals surface area contributed by atoms with Crippen LogP contribution in [0.25, 0.3) is 0 Å². The second kappa shape index (κ2) is 7.23. The van der Waals surface area contributed by atoms with Crippen LogP contribution in [0.2, 0.25) is 0 Å². The second-order valence-electron chi connectivity index (χ2n) is 12.0. The molecule has 1 heterocycles. The monoisotopic (exact) mass is 397 g/mol. The van der Waals surface area contributed by atoms with E-state index in [0.717, 1.165) is 42.4 Å². The number of hydrogen-bond acceptors (Lipinski definition) is 2. The van der Waals surface area contributed by atoms with Gasteiger partial charge in [0.05, 0.1) is 6.10 Å². The van der Waals surface area contributed by atoms with Crippen molar-refractivity contribution in [2.45, 2.75) is 97.6 Å². The topological polar surface area (TPSA) is 32.3 Å². The van der Waals surface area contributed by atoms with Gasteiger partial charge in [0, 0.05) is 6.04 Å². The average molecular weight is 398 g/mol. The minimum Gasteiger partial charge on any atom is -0.393 e. The Balaban J connectivity index is 1.39. The van der Waals surface area contributed by atoms with Crippen LogP contribution in [-0.2, 0) is 0 Å². The Kier molecular flexibility index (Phi) is 5.06. The summed E-state index contributed by atoms with van der Waals surface area (Å²) in [5, 5.41) is 14.1. The molecule has 1 aliphatic heterocycles. The highest BCUT2D eigenvalue weighted by Gasteiger charge is 2.55. The molecule has 0 radical (unpaired) electrons. The number of rotatable bonds is 2. The molecule has 162 valence electrons. The van der Waals surface area contributed by atoms with E-state index in [-0.39, 0.29) is 6.10 Å². The van der Waals surface area contributed by atoms with Crippen molar-refractivity contribution >= 4 is 0 Å². The van der Waals surface area contributed by atoms with Crippen molar-refractivity contribution < 1.29 is 5.11 Å². The van der Waals surface area contributed by atoms with Gasteiger partial charge in [0.15, 0.2) is 0 Å². The number of fused-ring (bicyclic) bond motifs is 5. The van der Waals surface area contributed by atoms with Crippen LogP contribution in [0.1, 0.15) is 85.5 Å². The lowest BCUT2D eigenvalue weighted by Gasteiger charge is -2.54. The Morgan fingerprint density at radius 3 is 2.66 bits per heavy atom. The van der Waals surface area contributed by atoms with Crippen LogP contribution in [0.15, 0.2) is 23.3 Å². The molecule has 4 aliphatic carbocycles. The lowest BCUT2D eigenvalue weighted by atomic mass is 9.51. The van der Waals surface area contributed by atoms with Gasteiger partial charge in [-0.25, -0.2) is 0 Å². The maximum Gasteiger partial charge on any atom is 0.0577 e. The zero-order valence-electron chi connectivity index (χ0n) is 19.2. The van der Waals surface area contributed by atoms with Gasteiger partial charge < -0.3 is 10.4 Å². The summed E-state index contributed by atoms with van der Waals surface area (Å²) in [6.07, 6.45) is 16.4. The summed E-state index contributed by atoms with van der Waals surface area (Å²) < 4.78 is 0. The van der Waals surface area contributed by atoms with Crippen LogP contribution >= 0.6 is 0 Å². The van der Waals surface area contributed by atoms with Crippen molar-refractivity contribution in [3.8, 4) is 0 Å². The van der Waals surface area contributed by atoms with E-state index >= 15 is 0 Å². The molecule has 5 rings (SSSR count). The summed E-state index contributed by atoms with van der Waals surface area (Å²) in [7, 11) is 0. The molecule has 9 atom stereocenters. The minimum atomic E-state index is -0.0955. The van der Waals surface area contributed by atoms with Gasteiger partial charge in [0.25, 0.3) is 0 Å². The number of hydrogen-bond donors (Lipinski definition) is 2. The molecule has 0 amide bonds. The lowest BCUT2D eigenvalue weighted by molar-refractivity contribution is 0.0347. The highest BCUT2D eigenvalue weighted by atomic mass is 16.3. The normalized spacial score (nSPS) is 50.7. The Morgan fingerprint density at radius 2 is 1.90 bits per heavy atom. The molecule has 29 heavy (non-hydrogen) atoms. The Bertz CT molecular complexity index is 701. The van der Waals surface area contributed by atoms with Crippen LogP contribution in [0.5, 0.6) is 0 Å². The van der Waals surface area contributed by atoms with Gasteiger partial charge in [-0.3, -0.25) is 0 Å². The largest absolute Gasteiger partial charge is 0.393 e. The van der Waals surface area contributed by atoms with Gasteiger partial charge in [0.2, 0.25) is 0 Å². The molecular weight excluding hydrogens is 354 g/mol. The quantitative estimate of drug-likeness (QED) is 0.571. The molecule has 0 bridgehead atoms. The fourth-order valence-electron chi connectivity index (χ4n) is 8.39. The highest BCUT2D eigenvalue weighted by molar-refractivity contribution is 5.33. The number of aliphatic hydroxyl groups is 1. The molecule has 2 heteroatoms. The van der Waals surface area contributed by atoms with Crippen molar-refractivity contribution in [1.29, 1.82) is 0 Å². The van der Waals surface area contributed by atoms with Gasteiger partial charge in [0.1, 0.15) is 0 Å². The van der Waals surface area contributed by atoms with Crippen LogP contribution < -0.4 is 5.32 Å². The summed E-state index contributed by atoms with van der Waals surface area (Å²) in [6.45, 7) is 11.3. The van der Waals surface area contributed by atoms with Crippen molar-refractivity contribution in [2.24, 2.45) is 40.4 Å². The van der Waals surface area contributed by atoms with Gasteiger partial charge in [-0.15, -0.1) is 0 Å². The molecule has 1 saturated heterocycles. The zero-order chi connectivity index (χ0) is 20.4. The number of nitrogens with one attached hydrogen (secondary N) is 1. The number of piperidine rings is 1. The minimum absolute atomic E-state index is 0.0955. The summed E-state index contributed by atoms with van der Waals surface area (Å²) in [4.78, 5) is 0. The van der Waals surface area contributed by atoms with Crippen molar-refractivity contribution in [2.75, 3.05) is 6.54 Å². The van der Waals surface area contributed by atoms with Crippen LogP contribution in [0.3, 0.4) is 0 Å². The zero-order valence-corrected chi connectivity index (χ0v) is 19.2. The fourth-order valence-corrected chi connectivity index (χ4v) is 8.39. The highest BCUT2D eigenvalue weighted by Crippen LogP contribution is 2.64. The average Bonchev–Trinajstić information content (AvgIpc) is 3.07. The number of aliphatic hydroxyl groups excluding tert-OH is 1. The summed E-state index contributed by atoms with van der Waals surface area (Å²) >= 11 is 0. The second-order valence-corrected chi connectivity index (χ2v) is 12.0. The van der Waals surface area contributed by atoms with E-state index in [0.29, 0.717) is 16.9 Å². The Labute approximate surface area is 178 Å². The van der Waals surface area contributed by atoms with Gasteiger partial charge in [-0.05, 0) is 105 Å². The third-order valence-corrected chi connectivity index (χ3v) is 10.6. The lowest BCUT2D eigenvalue weighted by Crippen LogP contribution is -2.48. The van der Waals surface area contributed by atoms with Crippen molar-refractivity contribution in [1.82, 2.24) is 5.32 Å². The molecule has 0 aromatic heterocycles. The molecule has 2 nitrogen and oxygen atoms in total. The maximum atomic E-state index is 10.2. The Morgan fingerprint density at radius 1 is 1.07 bits per heavy atom. The first-order valence-corrected chi connectivity index (χ1v) is 12.6. The van der Waals surface area contributed by atoms with Gasteiger partial charge >= 0.3 is 0 Å². The van der Waals surface area contributed by atoms with E-state index in [1.165, 1.54) is 51.5 Å². The first-order chi connectivity index (χ1) is 13.8. The van der Waals surface area contributed by atoms with E-state index < -0.39 is 0 Å². The van der Waals surface area contributed by atoms with Crippen molar-refractivity contribution in [3.63, 3.8) is 0 Å². The first kappa shape index (κ1) is 20.3. The number of allylic oxidation sites excluding steroid dienone is 3. The van der Waals surface area contributed by atoms with Crippen molar-refractivity contribution in [3.05, 3.63) is 23.3 Å². The predicted molar refractivity (Wildman–Crippen MR) is 121 cm³/mol. The van der Waals surface area contributed by atoms with E-state index in [1.807, 2.05) is 5.57 Å². The van der Waals surface area contributed by atoms with E-state index in [1.54, 1.807) is 5.57 Å². The molecule has 0 aromatic rings. The molecule has 0 aromatic carbocycles. The third kappa shape index (κ3) is 3.11. The molecule has 2 N–H and O–H groups in total. The van der Waals surface area contributed by atoms with Crippen LogP contribution in [0.4, 0.5) is 0 Å². The summed E-state index contributed by atoms with van der Waals surface area (Å²) in [5.74, 6) is 4.03. The molecule has 5 aliphatic rings. The Hall–Kier alpha value is -0.600. The maximum absolute atomic E-state index is 10.2. The van der Waals surface area contributed by atoms with Crippen LogP contribution in [-0.4, -0.2) is 23.8 Å². The first-order valence-electron chi connectivity index (χ1n) is 12.6. The van der Waals surface area contributed by atoms with E-state index in [2.05, 4.69) is 45.2 Å². The molecule has 3 fully saturated rings. The molecular formula is C27H43NO. The summed E-state index contributed by atoms with van der Waals surface area (Å²) in [6, 6.07) is 0.698. The molecule has 0 unspecified atom stereocenters. The third-order valence-electron chi connectivity index (χ3n) is 10.6. The molecule has 0 spiro atoms. The molecule has 2 saturated carbocycles. The van der Waals surface area contributed by atoms with E-state index in [9.17, 15) is 5.11 Å². The van der Waals surface area contributed by atoms with Gasteiger partial charge in [-0.2, -0.15) is 0 Å². The SMILES string of the molecule is C[C@@H]1CC[C@H]([C@H](C)[C@@]2(C)CC[C@H]3C2=CC[C@@H]2[C@@H]3CC=C3C[C@H](O)CC[C@@]32C)NC1. The standard InChI is InChI=1S/C27H43NO/c1-17-5-10-25(28-16-17)18(2)26(3)14-12-22-21-7-6-19-15-20(29)11-13-27(19,4)24(21)9-8-23(22)26/h6,8,17-18,20-22,24-25,28-29H,5,7,9-16H2,1-4H3/t17-,18+,20-,21-,22-,24-,25-,26-,27+/m1/s1. The summed E-state index contributed by atoms with van der Waals surface area (Å²) in [5.41, 5.74) is 4.16.